The second-order valence-electron chi connectivity index (χ2n) is 3.88. The minimum Gasteiger partial charge on any atom is -0.454 e. The van der Waals surface area contributed by atoms with Crippen molar-refractivity contribution in [3.8, 4) is 11.5 Å². The molecule has 0 aliphatic carbocycles. The Morgan fingerprint density at radius 3 is 2.05 bits per heavy atom. The van der Waals surface area contributed by atoms with Crippen LogP contribution in [0.2, 0.25) is 15.1 Å². The van der Waals surface area contributed by atoms with E-state index in [0.29, 0.717) is 32.1 Å². The van der Waals surface area contributed by atoms with Crippen molar-refractivity contribution in [1.29, 1.82) is 0 Å². The molecule has 0 aromatic heterocycles. The van der Waals surface area contributed by atoms with E-state index in [1.807, 2.05) is 0 Å². The summed E-state index contributed by atoms with van der Waals surface area (Å²) in [5, 5.41) is 1.26. The number of hydrogen-bond acceptors (Lipinski definition) is 2. The highest BCUT2D eigenvalue weighted by molar-refractivity contribution is 6.35. The van der Waals surface area contributed by atoms with Crippen molar-refractivity contribution in [1.82, 2.24) is 0 Å². The molecular weight excluding hydrogens is 307 g/mol. The number of ketones is 1. The molecular formula is C14H9Cl3O2. The molecule has 5 heteroatoms. The van der Waals surface area contributed by atoms with E-state index in [9.17, 15) is 4.79 Å². The molecule has 2 aromatic carbocycles. The van der Waals surface area contributed by atoms with Crippen LogP contribution >= 0.6 is 34.8 Å². The molecule has 0 amide bonds. The lowest BCUT2D eigenvalue weighted by Gasteiger charge is -2.10. The Hall–Kier alpha value is -1.22. The van der Waals surface area contributed by atoms with Crippen LogP contribution in [0.3, 0.4) is 0 Å². The highest BCUT2D eigenvalue weighted by Gasteiger charge is 2.09. The Morgan fingerprint density at radius 1 is 0.947 bits per heavy atom. The van der Waals surface area contributed by atoms with Gasteiger partial charge < -0.3 is 4.74 Å². The fourth-order valence-corrected chi connectivity index (χ4v) is 2.15. The minimum absolute atomic E-state index is 0.0574. The van der Waals surface area contributed by atoms with Gasteiger partial charge in [0.1, 0.15) is 11.5 Å². The second-order valence-corrected chi connectivity index (χ2v) is 5.13. The number of hydrogen-bond donors (Lipinski definition) is 0. The van der Waals surface area contributed by atoms with E-state index in [0.717, 1.165) is 0 Å². The van der Waals surface area contributed by atoms with Crippen LogP contribution in [0.15, 0.2) is 36.4 Å². The monoisotopic (exact) mass is 314 g/mol. The molecule has 0 aliphatic rings. The first-order valence-corrected chi connectivity index (χ1v) is 6.54. The Labute approximate surface area is 125 Å². The lowest BCUT2D eigenvalue weighted by Crippen LogP contribution is -1.93. The van der Waals surface area contributed by atoms with Crippen LogP contribution in [0.4, 0.5) is 0 Å². The fraction of sp³-hybridized carbons (Fsp3) is 0.0714. The zero-order valence-electron chi connectivity index (χ0n) is 9.91. The normalized spacial score (nSPS) is 10.3. The van der Waals surface area contributed by atoms with Crippen LogP contribution < -0.4 is 4.74 Å². The molecule has 0 fully saturated rings. The number of rotatable bonds is 3. The van der Waals surface area contributed by atoms with Gasteiger partial charge in [-0.25, -0.2) is 0 Å². The SMILES string of the molecule is CC(=O)c1ccc(Oc2ccc(Cl)cc2Cl)c(Cl)c1. The maximum absolute atomic E-state index is 11.2. The predicted octanol–water partition coefficient (Wildman–Crippen LogP) is 5.64. The van der Waals surface area contributed by atoms with Crippen molar-refractivity contribution >= 4 is 40.6 Å². The topological polar surface area (TPSA) is 26.3 Å². The maximum atomic E-state index is 11.2. The van der Waals surface area contributed by atoms with Crippen molar-refractivity contribution in [3.63, 3.8) is 0 Å². The summed E-state index contributed by atoms with van der Waals surface area (Å²) in [4.78, 5) is 11.2. The number of benzene rings is 2. The minimum atomic E-state index is -0.0574. The third-order valence-electron chi connectivity index (χ3n) is 2.45. The number of carbonyl (C=O) groups is 1. The van der Waals surface area contributed by atoms with Gasteiger partial charge in [0, 0.05) is 10.6 Å². The smallest absolute Gasteiger partial charge is 0.159 e. The summed E-state index contributed by atoms with van der Waals surface area (Å²) < 4.78 is 5.60. The molecule has 0 radical (unpaired) electrons. The van der Waals surface area contributed by atoms with Crippen molar-refractivity contribution in [3.05, 3.63) is 57.0 Å². The molecule has 0 saturated heterocycles. The van der Waals surface area contributed by atoms with E-state index in [2.05, 4.69) is 0 Å². The molecule has 0 saturated carbocycles. The molecule has 2 rings (SSSR count). The van der Waals surface area contributed by atoms with Crippen LogP contribution in [-0.2, 0) is 0 Å². The van der Waals surface area contributed by atoms with Gasteiger partial charge in [0.05, 0.1) is 10.0 Å². The molecule has 0 heterocycles. The van der Waals surface area contributed by atoms with Gasteiger partial charge in [-0.05, 0) is 43.3 Å². The third-order valence-corrected chi connectivity index (χ3v) is 3.28. The van der Waals surface area contributed by atoms with Crippen LogP contribution in [0.5, 0.6) is 11.5 Å². The van der Waals surface area contributed by atoms with E-state index in [1.54, 1.807) is 36.4 Å². The summed E-state index contributed by atoms with van der Waals surface area (Å²) in [7, 11) is 0. The van der Waals surface area contributed by atoms with Gasteiger partial charge >= 0.3 is 0 Å². The second kappa shape index (κ2) is 5.83. The number of carbonyl (C=O) groups excluding carboxylic acids is 1. The van der Waals surface area contributed by atoms with Gasteiger partial charge in [-0.1, -0.05) is 34.8 Å². The standard InChI is InChI=1S/C14H9Cl3O2/c1-8(18)9-2-4-13(11(16)6-9)19-14-5-3-10(15)7-12(14)17/h2-7H,1H3. The molecule has 0 aliphatic heterocycles. The Bertz CT molecular complexity index is 639. The molecule has 2 aromatic rings. The molecule has 0 unspecified atom stereocenters. The van der Waals surface area contributed by atoms with Gasteiger partial charge in [0.15, 0.2) is 5.78 Å². The summed E-state index contributed by atoms with van der Waals surface area (Å²) in [5.41, 5.74) is 0.527. The molecule has 0 bridgehead atoms. The first-order chi connectivity index (χ1) is 8.97. The van der Waals surface area contributed by atoms with Crippen LogP contribution in [-0.4, -0.2) is 5.78 Å². The van der Waals surface area contributed by atoms with Gasteiger partial charge in [-0.15, -0.1) is 0 Å². The van der Waals surface area contributed by atoms with Crippen LogP contribution in [0.25, 0.3) is 0 Å². The zero-order valence-corrected chi connectivity index (χ0v) is 12.2. The third kappa shape index (κ3) is 3.41. The van der Waals surface area contributed by atoms with Gasteiger partial charge in [0.25, 0.3) is 0 Å². The number of halogens is 3. The molecule has 2 nitrogen and oxygen atoms in total. The van der Waals surface area contributed by atoms with Crippen molar-refractivity contribution in [2.75, 3.05) is 0 Å². The molecule has 98 valence electrons. The summed E-state index contributed by atoms with van der Waals surface area (Å²) in [5.74, 6) is 0.817. The average molecular weight is 316 g/mol. The van der Waals surface area contributed by atoms with Gasteiger partial charge in [-0.3, -0.25) is 4.79 Å². The molecule has 0 atom stereocenters. The highest BCUT2D eigenvalue weighted by Crippen LogP contribution is 2.35. The number of ether oxygens (including phenoxy) is 1. The molecule has 19 heavy (non-hydrogen) atoms. The molecule has 0 spiro atoms. The lowest BCUT2D eigenvalue weighted by molar-refractivity contribution is 0.101. The predicted molar refractivity (Wildman–Crippen MR) is 78.0 cm³/mol. The van der Waals surface area contributed by atoms with E-state index in [1.165, 1.54) is 6.92 Å². The van der Waals surface area contributed by atoms with Gasteiger partial charge in [-0.2, -0.15) is 0 Å². The first kappa shape index (κ1) is 14.2. The van der Waals surface area contributed by atoms with Crippen LogP contribution in [0, 0.1) is 0 Å². The van der Waals surface area contributed by atoms with E-state index < -0.39 is 0 Å². The van der Waals surface area contributed by atoms with E-state index in [-0.39, 0.29) is 5.78 Å². The summed E-state index contributed by atoms with van der Waals surface area (Å²) in [6.45, 7) is 1.47. The summed E-state index contributed by atoms with van der Waals surface area (Å²) >= 11 is 17.9. The summed E-state index contributed by atoms with van der Waals surface area (Å²) in [6.07, 6.45) is 0. The highest BCUT2D eigenvalue weighted by atomic mass is 35.5. The Kier molecular flexibility index (Phi) is 4.35. The Balaban J connectivity index is 2.31. The molecule has 0 N–H and O–H groups in total. The quantitative estimate of drug-likeness (QED) is 0.685. The average Bonchev–Trinajstić information content (AvgIpc) is 2.34. The van der Waals surface area contributed by atoms with Crippen LogP contribution in [0.1, 0.15) is 17.3 Å². The van der Waals surface area contributed by atoms with Crippen molar-refractivity contribution in [2.24, 2.45) is 0 Å². The Morgan fingerprint density at radius 2 is 1.53 bits per heavy atom. The first-order valence-electron chi connectivity index (χ1n) is 5.41. The summed E-state index contributed by atoms with van der Waals surface area (Å²) in [6, 6.07) is 9.73. The fourth-order valence-electron chi connectivity index (χ4n) is 1.48. The zero-order chi connectivity index (χ0) is 14.0. The van der Waals surface area contributed by atoms with Crippen molar-refractivity contribution in [2.45, 2.75) is 6.92 Å². The largest absolute Gasteiger partial charge is 0.454 e. The van der Waals surface area contributed by atoms with Gasteiger partial charge in [0.2, 0.25) is 0 Å². The van der Waals surface area contributed by atoms with Crippen molar-refractivity contribution < 1.29 is 9.53 Å². The lowest BCUT2D eigenvalue weighted by atomic mass is 10.1. The number of Topliss-reactive ketones (excluding diaryl/α,β-unsaturated/α-hetero) is 1. The maximum Gasteiger partial charge on any atom is 0.159 e. The van der Waals surface area contributed by atoms with E-state index >= 15 is 0 Å². The van der Waals surface area contributed by atoms with E-state index in [4.69, 9.17) is 39.5 Å².